The van der Waals surface area contributed by atoms with Gasteiger partial charge in [-0.15, -0.1) is 0 Å². The minimum Gasteiger partial charge on any atom is -0.377 e. The van der Waals surface area contributed by atoms with Crippen molar-refractivity contribution in [1.29, 1.82) is 0 Å². The summed E-state index contributed by atoms with van der Waals surface area (Å²) in [5.41, 5.74) is 7.02. The molecule has 1 heterocycles. The number of rotatable bonds is 5. The Kier molecular flexibility index (Phi) is 3.88. The molecule has 0 amide bonds. The Hall–Kier alpha value is -0.870. The first-order valence-electron chi connectivity index (χ1n) is 5.24. The highest BCUT2D eigenvalue weighted by Gasteiger charge is 2.25. The Morgan fingerprint density at radius 1 is 1.60 bits per heavy atom. The van der Waals surface area contributed by atoms with E-state index in [0.29, 0.717) is 0 Å². The third-order valence-electron chi connectivity index (χ3n) is 2.92. The number of ether oxygens (including phenoxy) is 1. The summed E-state index contributed by atoms with van der Waals surface area (Å²) in [5.74, 6) is 0. The smallest absolute Gasteiger partial charge is 0.0773 e. The van der Waals surface area contributed by atoms with Crippen LogP contribution in [-0.4, -0.2) is 28.5 Å². The molecule has 1 aromatic rings. The van der Waals surface area contributed by atoms with Crippen LogP contribution in [0.25, 0.3) is 0 Å². The molecule has 0 bridgehead atoms. The van der Waals surface area contributed by atoms with Gasteiger partial charge in [-0.05, 0) is 32.3 Å². The van der Waals surface area contributed by atoms with Gasteiger partial charge in [-0.25, -0.2) is 0 Å². The number of aromatic nitrogens is 2. The summed E-state index contributed by atoms with van der Waals surface area (Å²) in [4.78, 5) is 0. The van der Waals surface area contributed by atoms with E-state index < -0.39 is 0 Å². The van der Waals surface area contributed by atoms with Crippen LogP contribution in [0.5, 0.6) is 0 Å². The van der Waals surface area contributed by atoms with Crippen LogP contribution < -0.4 is 5.73 Å². The van der Waals surface area contributed by atoms with Crippen molar-refractivity contribution < 1.29 is 4.74 Å². The Labute approximate surface area is 91.4 Å². The second-order valence-corrected chi connectivity index (χ2v) is 4.47. The molecule has 0 aliphatic carbocycles. The van der Waals surface area contributed by atoms with Crippen molar-refractivity contribution in [2.45, 2.75) is 38.3 Å². The fourth-order valence-corrected chi connectivity index (χ4v) is 1.42. The van der Waals surface area contributed by atoms with Crippen molar-refractivity contribution in [1.82, 2.24) is 9.78 Å². The second-order valence-electron chi connectivity index (χ2n) is 4.47. The van der Waals surface area contributed by atoms with E-state index in [4.69, 9.17) is 10.5 Å². The van der Waals surface area contributed by atoms with E-state index in [1.165, 1.54) is 5.56 Å². The maximum atomic E-state index is 6.06. The monoisotopic (exact) mass is 211 g/mol. The van der Waals surface area contributed by atoms with Gasteiger partial charge in [0.15, 0.2) is 0 Å². The zero-order valence-electron chi connectivity index (χ0n) is 10.0. The molecule has 1 aromatic heterocycles. The summed E-state index contributed by atoms with van der Waals surface area (Å²) in [6, 6.07) is 0.0442. The lowest BCUT2D eigenvalue weighted by molar-refractivity contribution is -0.00132. The number of hydrogen-bond donors (Lipinski definition) is 1. The average Bonchev–Trinajstić information content (AvgIpc) is 2.60. The molecule has 4 nitrogen and oxygen atoms in total. The number of methoxy groups -OCH3 is 1. The molecule has 15 heavy (non-hydrogen) atoms. The van der Waals surface area contributed by atoms with Gasteiger partial charge in [0.05, 0.1) is 11.8 Å². The van der Waals surface area contributed by atoms with E-state index in [2.05, 4.69) is 5.10 Å². The lowest BCUT2D eigenvalue weighted by Crippen LogP contribution is -2.44. The van der Waals surface area contributed by atoms with Crippen molar-refractivity contribution in [2.24, 2.45) is 12.8 Å². The van der Waals surface area contributed by atoms with E-state index in [0.717, 1.165) is 12.8 Å². The Morgan fingerprint density at radius 3 is 2.73 bits per heavy atom. The van der Waals surface area contributed by atoms with Crippen molar-refractivity contribution in [2.75, 3.05) is 7.11 Å². The maximum absolute atomic E-state index is 6.06. The highest BCUT2D eigenvalue weighted by molar-refractivity contribution is 5.04. The number of hydrogen-bond acceptors (Lipinski definition) is 3. The van der Waals surface area contributed by atoms with Gasteiger partial charge in [-0.1, -0.05) is 0 Å². The van der Waals surface area contributed by atoms with Crippen LogP contribution in [-0.2, 0) is 18.2 Å². The van der Waals surface area contributed by atoms with Crippen LogP contribution in [0.4, 0.5) is 0 Å². The summed E-state index contributed by atoms with van der Waals surface area (Å²) in [6.45, 7) is 4.03. The van der Waals surface area contributed by atoms with Gasteiger partial charge in [-0.3, -0.25) is 4.68 Å². The van der Waals surface area contributed by atoms with Crippen LogP contribution >= 0.6 is 0 Å². The average molecular weight is 211 g/mol. The standard InChI is InChI=1S/C11H21N3O/c1-11(2,15-4)10(12)6-5-9-7-13-14(3)8-9/h7-8,10H,5-6,12H2,1-4H3. The number of aryl methyl sites for hydroxylation is 2. The van der Waals surface area contributed by atoms with Gasteiger partial charge < -0.3 is 10.5 Å². The second kappa shape index (κ2) is 4.77. The molecule has 1 atom stereocenters. The van der Waals surface area contributed by atoms with E-state index in [1.807, 2.05) is 38.0 Å². The largest absolute Gasteiger partial charge is 0.377 e. The van der Waals surface area contributed by atoms with Crippen LogP contribution in [0, 0.1) is 0 Å². The predicted molar refractivity (Wildman–Crippen MR) is 60.6 cm³/mol. The van der Waals surface area contributed by atoms with Gasteiger partial charge in [0, 0.05) is 26.4 Å². The molecule has 0 spiro atoms. The number of nitrogens with zero attached hydrogens (tertiary/aromatic N) is 2. The first-order valence-corrected chi connectivity index (χ1v) is 5.24. The molecule has 2 N–H and O–H groups in total. The fourth-order valence-electron chi connectivity index (χ4n) is 1.42. The van der Waals surface area contributed by atoms with Gasteiger partial charge >= 0.3 is 0 Å². The normalized spacial score (nSPS) is 14.2. The maximum Gasteiger partial charge on any atom is 0.0773 e. The summed E-state index contributed by atoms with van der Waals surface area (Å²) >= 11 is 0. The van der Waals surface area contributed by atoms with Gasteiger partial charge in [-0.2, -0.15) is 5.10 Å². The molecular formula is C11H21N3O. The van der Waals surface area contributed by atoms with Crippen molar-refractivity contribution in [3.63, 3.8) is 0 Å². The Morgan fingerprint density at radius 2 is 2.27 bits per heavy atom. The molecule has 1 rings (SSSR count). The summed E-state index contributed by atoms with van der Waals surface area (Å²) in [5, 5.41) is 4.12. The van der Waals surface area contributed by atoms with Crippen LogP contribution in [0.15, 0.2) is 12.4 Å². The number of nitrogens with two attached hydrogens (primary N) is 1. The predicted octanol–water partition coefficient (Wildman–Crippen LogP) is 1.10. The topological polar surface area (TPSA) is 53.1 Å². The zero-order valence-corrected chi connectivity index (χ0v) is 10.0. The van der Waals surface area contributed by atoms with E-state index in [9.17, 15) is 0 Å². The van der Waals surface area contributed by atoms with E-state index in [-0.39, 0.29) is 11.6 Å². The van der Waals surface area contributed by atoms with E-state index >= 15 is 0 Å². The van der Waals surface area contributed by atoms with Gasteiger partial charge in [0.2, 0.25) is 0 Å². The first kappa shape index (κ1) is 12.2. The molecule has 0 saturated carbocycles. The quantitative estimate of drug-likeness (QED) is 0.793. The van der Waals surface area contributed by atoms with Gasteiger partial charge in [0.25, 0.3) is 0 Å². The highest BCUT2D eigenvalue weighted by atomic mass is 16.5. The fraction of sp³-hybridized carbons (Fsp3) is 0.727. The van der Waals surface area contributed by atoms with Crippen LogP contribution in [0.2, 0.25) is 0 Å². The SMILES string of the molecule is COC(C)(C)C(N)CCc1cnn(C)c1. The lowest BCUT2D eigenvalue weighted by Gasteiger charge is -2.30. The lowest BCUT2D eigenvalue weighted by atomic mass is 9.94. The minimum atomic E-state index is -0.262. The van der Waals surface area contributed by atoms with E-state index in [1.54, 1.807) is 7.11 Å². The molecule has 0 fully saturated rings. The minimum absolute atomic E-state index is 0.0442. The molecule has 0 saturated heterocycles. The third kappa shape index (κ3) is 3.32. The summed E-state index contributed by atoms with van der Waals surface area (Å²) in [6.07, 6.45) is 5.76. The summed E-state index contributed by atoms with van der Waals surface area (Å²) in [7, 11) is 3.62. The zero-order chi connectivity index (χ0) is 11.5. The molecule has 0 aliphatic heterocycles. The van der Waals surface area contributed by atoms with Gasteiger partial charge in [0.1, 0.15) is 0 Å². The summed E-state index contributed by atoms with van der Waals surface area (Å²) < 4.78 is 7.16. The molecule has 0 aromatic carbocycles. The molecule has 0 radical (unpaired) electrons. The molecule has 0 aliphatic rings. The van der Waals surface area contributed by atoms with Crippen molar-refractivity contribution in [3.8, 4) is 0 Å². The van der Waals surface area contributed by atoms with Crippen molar-refractivity contribution >= 4 is 0 Å². The Bertz CT molecular complexity index is 307. The molecular weight excluding hydrogens is 190 g/mol. The van der Waals surface area contributed by atoms with Crippen LogP contribution in [0.1, 0.15) is 25.8 Å². The third-order valence-corrected chi connectivity index (χ3v) is 2.92. The first-order chi connectivity index (χ1) is 6.95. The van der Waals surface area contributed by atoms with Crippen LogP contribution in [0.3, 0.4) is 0 Å². The molecule has 4 heteroatoms. The Balaban J connectivity index is 2.44. The molecule has 86 valence electrons. The molecule has 1 unspecified atom stereocenters. The van der Waals surface area contributed by atoms with Crippen molar-refractivity contribution in [3.05, 3.63) is 18.0 Å². The highest BCUT2D eigenvalue weighted by Crippen LogP contribution is 2.16.